The van der Waals surface area contributed by atoms with Gasteiger partial charge in [-0.1, -0.05) is 108 Å². The fraction of sp³-hybridized carbons (Fsp3) is 0.350. The van der Waals surface area contributed by atoms with Crippen LogP contribution in [0.2, 0.25) is 0 Å². The maximum absolute atomic E-state index is 5.24. The van der Waals surface area contributed by atoms with Crippen LogP contribution in [-0.4, -0.2) is 11.4 Å². The molecule has 0 spiro atoms. The van der Waals surface area contributed by atoms with Crippen LogP contribution in [0.5, 0.6) is 0 Å². The molecular weight excluding hydrogens is 581 g/mol. The Morgan fingerprint density at radius 2 is 1.07 bits per heavy atom. The van der Waals surface area contributed by atoms with Gasteiger partial charge in [-0.3, -0.25) is 9.98 Å². The molecule has 44 heavy (non-hydrogen) atoms. The smallest absolute Gasteiger partial charge is 0.657 e. The van der Waals surface area contributed by atoms with Crippen molar-refractivity contribution in [3.8, 4) is 11.1 Å². The Morgan fingerprint density at radius 3 is 1.43 bits per heavy atom. The predicted molar refractivity (Wildman–Crippen MR) is 184 cm³/mol. The Bertz CT molecular complexity index is 1810. The number of hydrogen-bond donors (Lipinski definition) is 0. The first-order valence-electron chi connectivity index (χ1n) is 16.0. The van der Waals surface area contributed by atoms with Gasteiger partial charge in [-0.25, -0.2) is 0 Å². The molecule has 6 rings (SSSR count). The van der Waals surface area contributed by atoms with Crippen molar-refractivity contribution in [2.75, 3.05) is 0 Å². The Labute approximate surface area is 273 Å². The van der Waals surface area contributed by atoms with Gasteiger partial charge in [0, 0.05) is 11.4 Å². The molecule has 4 heteroatoms. The summed E-state index contributed by atoms with van der Waals surface area (Å²) in [7, 11) is 0. The first-order chi connectivity index (χ1) is 20.6. The summed E-state index contributed by atoms with van der Waals surface area (Å²) in [5.41, 5.74) is 17.7. The fourth-order valence-corrected chi connectivity index (χ4v) is 6.86. The maximum Gasteiger partial charge on any atom is 2.00 e. The molecule has 5 aliphatic rings. The number of fused-ring (bicyclic) bond motifs is 9. The molecule has 2 aliphatic carbocycles. The standard InChI is InChI=1S/C40H43N3.Ni/c1-10-28-23(5)34-21-38-30(12-3)31(13-4)39(43-38)22-35-24(6)29(11-2)37(42-35)20-26-18-25(19-36(28)41-34)32-16-14-27(40(7,8)9)15-17-33(26)32;/h14-17,19-22H,10-13H2,1-9H3;/q-2;+2. The van der Waals surface area contributed by atoms with Crippen molar-refractivity contribution in [3.63, 3.8) is 0 Å². The van der Waals surface area contributed by atoms with Crippen LogP contribution in [0.3, 0.4) is 0 Å². The van der Waals surface area contributed by atoms with Gasteiger partial charge in [-0.2, -0.15) is 0 Å². The summed E-state index contributed by atoms with van der Waals surface area (Å²) in [6, 6.07) is 12.9. The summed E-state index contributed by atoms with van der Waals surface area (Å²) in [6.45, 7) is 20.1. The SMILES string of the molecule is CCC1=C(C)C2=NC1=Cc1[c-]c(c3ccc(C(C)(C)C)ccc1-3)C=C1N=C(C=c3[n-]c(c(CC)c3CC)=C2)C(C)=C1CC.[Ni+2]. The first kappa shape index (κ1) is 31.9. The molecule has 228 valence electrons. The third-order valence-corrected chi connectivity index (χ3v) is 9.39. The van der Waals surface area contributed by atoms with E-state index in [1.54, 1.807) is 0 Å². The normalized spacial score (nSPS) is 16.3. The average molecular weight is 624 g/mol. The number of hydrogen-bond acceptors (Lipinski definition) is 2. The topological polar surface area (TPSA) is 38.8 Å². The van der Waals surface area contributed by atoms with Gasteiger partial charge in [-0.05, 0) is 72.8 Å². The number of rotatable bonds is 4. The molecule has 0 fully saturated rings. The zero-order valence-electron chi connectivity index (χ0n) is 27.6. The third-order valence-electron chi connectivity index (χ3n) is 9.39. The van der Waals surface area contributed by atoms with E-state index < -0.39 is 0 Å². The van der Waals surface area contributed by atoms with Gasteiger partial charge in [-0.15, -0.1) is 39.0 Å². The number of allylic oxidation sites excluding steroid dienone is 4. The second-order valence-corrected chi connectivity index (χ2v) is 13.0. The van der Waals surface area contributed by atoms with Gasteiger partial charge in [0.15, 0.2) is 0 Å². The minimum atomic E-state index is 0. The molecule has 1 aromatic rings. The van der Waals surface area contributed by atoms with Crippen molar-refractivity contribution >= 4 is 35.7 Å². The average Bonchev–Trinajstić information content (AvgIpc) is 3.58. The molecule has 8 bridgehead atoms. The fourth-order valence-electron chi connectivity index (χ4n) is 6.86. The molecular formula is C40H43N3Ni. The molecule has 4 heterocycles. The summed E-state index contributed by atoms with van der Waals surface area (Å²) in [5.74, 6) is 0. The summed E-state index contributed by atoms with van der Waals surface area (Å²) in [6.07, 6.45) is 12.6. The Kier molecular flexibility index (Phi) is 8.80. The quantitative estimate of drug-likeness (QED) is 0.213. The van der Waals surface area contributed by atoms with E-state index in [1.165, 1.54) is 50.1 Å². The molecule has 0 saturated heterocycles. The summed E-state index contributed by atoms with van der Waals surface area (Å²) >= 11 is 0. The van der Waals surface area contributed by atoms with E-state index in [4.69, 9.17) is 15.0 Å². The molecule has 0 aromatic carbocycles. The van der Waals surface area contributed by atoms with Crippen molar-refractivity contribution in [1.29, 1.82) is 0 Å². The minimum Gasteiger partial charge on any atom is -0.657 e. The van der Waals surface area contributed by atoms with E-state index in [0.717, 1.165) is 70.3 Å². The van der Waals surface area contributed by atoms with Crippen molar-refractivity contribution in [2.24, 2.45) is 9.98 Å². The van der Waals surface area contributed by atoms with Crippen molar-refractivity contribution in [2.45, 2.75) is 93.4 Å². The van der Waals surface area contributed by atoms with Crippen molar-refractivity contribution in [1.82, 2.24) is 4.98 Å². The van der Waals surface area contributed by atoms with E-state index in [1.807, 2.05) is 0 Å². The largest absolute Gasteiger partial charge is 2.00 e. The Hall–Kier alpha value is -3.49. The number of aliphatic imine (C=N–C) groups is 2. The molecule has 3 nitrogen and oxygen atoms in total. The second-order valence-electron chi connectivity index (χ2n) is 13.0. The zero-order valence-corrected chi connectivity index (χ0v) is 28.6. The van der Waals surface area contributed by atoms with E-state index in [-0.39, 0.29) is 21.9 Å². The van der Waals surface area contributed by atoms with Crippen LogP contribution in [-0.2, 0) is 34.7 Å². The summed E-state index contributed by atoms with van der Waals surface area (Å²) in [4.78, 5) is 15.7. The molecule has 0 saturated carbocycles. The van der Waals surface area contributed by atoms with Crippen LogP contribution in [0.4, 0.5) is 0 Å². The van der Waals surface area contributed by atoms with Crippen LogP contribution in [0.1, 0.15) is 103 Å². The molecule has 1 aromatic heterocycles. The second kappa shape index (κ2) is 12.1. The first-order valence-corrected chi connectivity index (χ1v) is 16.0. The van der Waals surface area contributed by atoms with Crippen LogP contribution in [0.25, 0.3) is 35.4 Å². The van der Waals surface area contributed by atoms with E-state index in [9.17, 15) is 0 Å². The molecule has 0 N–H and O–H groups in total. The summed E-state index contributed by atoms with van der Waals surface area (Å²) in [5, 5.41) is 2.07. The maximum atomic E-state index is 5.24. The van der Waals surface area contributed by atoms with Crippen LogP contribution in [0.15, 0.2) is 67.9 Å². The Balaban J connectivity index is 0.00000384. The number of nitrogens with zero attached hydrogens (tertiary/aromatic N) is 3. The van der Waals surface area contributed by atoms with Gasteiger partial charge in [0.2, 0.25) is 0 Å². The van der Waals surface area contributed by atoms with Gasteiger partial charge < -0.3 is 4.98 Å². The monoisotopic (exact) mass is 623 g/mol. The van der Waals surface area contributed by atoms with Crippen LogP contribution >= 0.6 is 0 Å². The zero-order chi connectivity index (χ0) is 30.6. The van der Waals surface area contributed by atoms with E-state index in [2.05, 4.69) is 117 Å². The van der Waals surface area contributed by atoms with Crippen LogP contribution in [0, 0.1) is 6.07 Å². The molecule has 0 unspecified atom stereocenters. The molecule has 0 radical (unpaired) electrons. The molecule has 0 amide bonds. The van der Waals surface area contributed by atoms with Gasteiger partial charge in [0.25, 0.3) is 0 Å². The molecule has 0 atom stereocenters. The van der Waals surface area contributed by atoms with Crippen LogP contribution < -0.4 is 15.7 Å². The minimum absolute atomic E-state index is 0. The number of aromatic nitrogens is 1. The van der Waals surface area contributed by atoms with E-state index in [0.29, 0.717) is 0 Å². The predicted octanol–water partition coefficient (Wildman–Crippen LogP) is 8.29. The van der Waals surface area contributed by atoms with Crippen molar-refractivity contribution < 1.29 is 16.5 Å². The summed E-state index contributed by atoms with van der Waals surface area (Å²) < 4.78 is 0. The van der Waals surface area contributed by atoms with Gasteiger partial charge in [0.05, 0.1) is 11.4 Å². The van der Waals surface area contributed by atoms with Crippen molar-refractivity contribution in [3.05, 3.63) is 103 Å². The van der Waals surface area contributed by atoms with Gasteiger partial charge in [0.1, 0.15) is 0 Å². The Morgan fingerprint density at radius 1 is 0.636 bits per heavy atom. The van der Waals surface area contributed by atoms with E-state index >= 15 is 0 Å². The molecule has 3 aliphatic heterocycles. The third kappa shape index (κ3) is 5.36. The van der Waals surface area contributed by atoms with Gasteiger partial charge >= 0.3 is 16.5 Å².